The number of alkyl halides is 3. The van der Waals surface area contributed by atoms with Crippen molar-refractivity contribution in [3.05, 3.63) is 41.8 Å². The smallest absolute Gasteiger partial charge is 0.346 e. The van der Waals surface area contributed by atoms with Gasteiger partial charge in [0.05, 0.1) is 12.0 Å². The number of pyridine rings is 1. The molecular formula is C20H22F4N2O. The predicted molar refractivity (Wildman–Crippen MR) is 94.8 cm³/mol. The zero-order valence-electron chi connectivity index (χ0n) is 15.1. The van der Waals surface area contributed by atoms with Crippen LogP contribution in [0.4, 0.5) is 17.6 Å². The van der Waals surface area contributed by atoms with Gasteiger partial charge in [-0.05, 0) is 31.4 Å². The first-order valence-electron chi connectivity index (χ1n) is 9.09. The van der Waals surface area contributed by atoms with Crippen molar-refractivity contribution >= 4 is 16.8 Å². The molecule has 1 saturated carbocycles. The van der Waals surface area contributed by atoms with E-state index in [1.165, 1.54) is 31.3 Å². The summed E-state index contributed by atoms with van der Waals surface area (Å²) >= 11 is 0. The summed E-state index contributed by atoms with van der Waals surface area (Å²) in [5, 5.41) is 3.01. The predicted octanol–water partition coefficient (Wildman–Crippen LogP) is 5.40. The molecule has 1 fully saturated rings. The number of nitrogens with one attached hydrogen (secondary N) is 1. The van der Waals surface area contributed by atoms with Crippen LogP contribution in [-0.4, -0.2) is 22.6 Å². The second-order valence-electron chi connectivity index (χ2n) is 7.70. The van der Waals surface area contributed by atoms with E-state index in [1.807, 2.05) is 0 Å². The summed E-state index contributed by atoms with van der Waals surface area (Å²) < 4.78 is 53.1. The van der Waals surface area contributed by atoms with Crippen molar-refractivity contribution < 1.29 is 22.4 Å². The summed E-state index contributed by atoms with van der Waals surface area (Å²) in [6, 6.07) is 5.81. The first-order chi connectivity index (χ1) is 12.7. The third kappa shape index (κ3) is 4.96. The summed E-state index contributed by atoms with van der Waals surface area (Å²) in [5.74, 6) is -0.956. The number of aromatic nitrogens is 1. The van der Waals surface area contributed by atoms with Crippen LogP contribution in [0.5, 0.6) is 0 Å². The van der Waals surface area contributed by atoms with Gasteiger partial charge in [0.1, 0.15) is 11.3 Å². The topological polar surface area (TPSA) is 42.0 Å². The Hall–Kier alpha value is -2.18. The number of carbonyl (C=O) groups excluding carboxylic acids is 1. The number of halogens is 4. The first-order valence-corrected chi connectivity index (χ1v) is 9.09. The number of hydrogen-bond acceptors (Lipinski definition) is 2. The van der Waals surface area contributed by atoms with Crippen LogP contribution >= 0.6 is 0 Å². The van der Waals surface area contributed by atoms with Crippen LogP contribution in [-0.2, 0) is 0 Å². The highest BCUT2D eigenvalue weighted by atomic mass is 19.4. The average Bonchev–Trinajstić information content (AvgIpc) is 3.05. The SMILES string of the molecule is C[C@](CC1CCCC1)(CC(F)(F)F)NC(=O)c1cnc2c(F)cccc2c1. The molecule has 27 heavy (non-hydrogen) atoms. The molecule has 1 atom stereocenters. The summed E-state index contributed by atoms with van der Waals surface area (Å²) in [5.41, 5.74) is -1.15. The number of benzene rings is 1. The number of carbonyl (C=O) groups is 1. The van der Waals surface area contributed by atoms with Gasteiger partial charge in [-0.15, -0.1) is 0 Å². The summed E-state index contributed by atoms with van der Waals surface area (Å²) in [4.78, 5) is 16.6. The Morgan fingerprint density at radius 2 is 1.96 bits per heavy atom. The molecule has 1 aromatic carbocycles. The number of hydrogen-bond donors (Lipinski definition) is 1. The Morgan fingerprint density at radius 1 is 1.26 bits per heavy atom. The van der Waals surface area contributed by atoms with Crippen LogP contribution in [0.15, 0.2) is 30.5 Å². The van der Waals surface area contributed by atoms with Gasteiger partial charge in [-0.1, -0.05) is 37.8 Å². The third-order valence-corrected chi connectivity index (χ3v) is 5.14. The fraction of sp³-hybridized carbons (Fsp3) is 0.500. The van der Waals surface area contributed by atoms with Crippen molar-refractivity contribution in [2.75, 3.05) is 0 Å². The van der Waals surface area contributed by atoms with Gasteiger partial charge in [-0.3, -0.25) is 9.78 Å². The maximum absolute atomic E-state index is 13.7. The van der Waals surface area contributed by atoms with Gasteiger partial charge >= 0.3 is 6.18 Å². The van der Waals surface area contributed by atoms with Gasteiger partial charge < -0.3 is 5.32 Å². The number of rotatable bonds is 5. The van der Waals surface area contributed by atoms with E-state index in [-0.39, 0.29) is 23.4 Å². The normalized spacial score (nSPS) is 17.8. The van der Waals surface area contributed by atoms with Gasteiger partial charge in [-0.25, -0.2) is 4.39 Å². The lowest BCUT2D eigenvalue weighted by Crippen LogP contribution is -2.49. The average molecular weight is 382 g/mol. The fourth-order valence-corrected chi connectivity index (χ4v) is 4.06. The molecule has 0 bridgehead atoms. The minimum atomic E-state index is -4.38. The van der Waals surface area contributed by atoms with Crippen LogP contribution < -0.4 is 5.32 Å². The van der Waals surface area contributed by atoms with Crippen molar-refractivity contribution in [3.63, 3.8) is 0 Å². The van der Waals surface area contributed by atoms with Gasteiger partial charge in [-0.2, -0.15) is 13.2 Å². The zero-order valence-corrected chi connectivity index (χ0v) is 15.1. The standard InChI is InChI=1S/C20H22F4N2O/c1-19(12-20(22,23)24,10-13-5-2-3-6-13)26-18(27)15-9-14-7-4-8-16(21)17(14)25-11-15/h4,7-9,11,13H,2-3,5-6,10,12H2,1H3,(H,26,27)/t19-/m0/s1. The van der Waals surface area contributed by atoms with Gasteiger partial charge in [0.2, 0.25) is 0 Å². The van der Waals surface area contributed by atoms with E-state index in [1.54, 1.807) is 6.07 Å². The molecule has 3 rings (SSSR count). The molecule has 146 valence electrons. The Bertz CT molecular complexity index is 830. The third-order valence-electron chi connectivity index (χ3n) is 5.14. The molecule has 7 heteroatoms. The highest BCUT2D eigenvalue weighted by Crippen LogP contribution is 2.37. The van der Waals surface area contributed by atoms with Crippen LogP contribution in [0.25, 0.3) is 10.9 Å². The Morgan fingerprint density at radius 3 is 2.63 bits per heavy atom. The van der Waals surface area contributed by atoms with Crippen molar-refractivity contribution in [1.29, 1.82) is 0 Å². The van der Waals surface area contributed by atoms with Crippen LogP contribution in [0.1, 0.15) is 55.8 Å². The first kappa shape index (κ1) is 19.6. The number of nitrogens with zero attached hydrogens (tertiary/aromatic N) is 1. The minimum Gasteiger partial charge on any atom is -0.346 e. The second kappa shape index (κ2) is 7.44. The lowest BCUT2D eigenvalue weighted by Gasteiger charge is -2.34. The van der Waals surface area contributed by atoms with Crippen molar-refractivity contribution in [2.24, 2.45) is 5.92 Å². The molecule has 0 unspecified atom stereocenters. The van der Waals surface area contributed by atoms with E-state index in [9.17, 15) is 22.4 Å². The summed E-state index contributed by atoms with van der Waals surface area (Å²) in [6.07, 6.45) is -0.177. The molecule has 0 spiro atoms. The van der Waals surface area contributed by atoms with Gasteiger partial charge in [0.25, 0.3) is 5.91 Å². The monoisotopic (exact) mass is 382 g/mol. The molecule has 2 aromatic rings. The molecule has 1 aromatic heterocycles. The Kier molecular flexibility index (Phi) is 5.40. The summed E-state index contributed by atoms with van der Waals surface area (Å²) in [6.45, 7) is 1.45. The van der Waals surface area contributed by atoms with E-state index in [4.69, 9.17) is 0 Å². The molecule has 1 aliphatic rings. The van der Waals surface area contributed by atoms with Crippen LogP contribution in [0.2, 0.25) is 0 Å². The molecule has 0 saturated heterocycles. The number of fused-ring (bicyclic) bond motifs is 1. The Labute approximate surface area is 155 Å². The number of amides is 1. The lowest BCUT2D eigenvalue weighted by atomic mass is 9.84. The van der Waals surface area contributed by atoms with Crippen LogP contribution in [0, 0.1) is 11.7 Å². The maximum atomic E-state index is 13.7. The fourth-order valence-electron chi connectivity index (χ4n) is 4.06. The van der Waals surface area contributed by atoms with Crippen molar-refractivity contribution in [2.45, 2.75) is 57.2 Å². The molecule has 0 aliphatic heterocycles. The largest absolute Gasteiger partial charge is 0.391 e. The highest BCUT2D eigenvalue weighted by molar-refractivity contribution is 5.97. The molecule has 3 nitrogen and oxygen atoms in total. The minimum absolute atomic E-state index is 0.118. The van der Waals surface area contributed by atoms with Crippen molar-refractivity contribution in [1.82, 2.24) is 10.3 Å². The van der Waals surface area contributed by atoms with Crippen molar-refractivity contribution in [3.8, 4) is 0 Å². The number of para-hydroxylation sites is 1. The quantitative estimate of drug-likeness (QED) is 0.704. The van der Waals surface area contributed by atoms with Crippen LogP contribution in [0.3, 0.4) is 0 Å². The molecular weight excluding hydrogens is 360 g/mol. The maximum Gasteiger partial charge on any atom is 0.391 e. The molecule has 1 amide bonds. The van der Waals surface area contributed by atoms with Gasteiger partial charge in [0.15, 0.2) is 0 Å². The Balaban J connectivity index is 1.82. The molecule has 1 heterocycles. The van der Waals surface area contributed by atoms with E-state index in [2.05, 4.69) is 10.3 Å². The van der Waals surface area contributed by atoms with Gasteiger partial charge in [0, 0.05) is 17.1 Å². The van der Waals surface area contributed by atoms with E-state index in [0.717, 1.165) is 25.7 Å². The van der Waals surface area contributed by atoms with E-state index in [0.29, 0.717) is 5.39 Å². The highest BCUT2D eigenvalue weighted by Gasteiger charge is 2.42. The lowest BCUT2D eigenvalue weighted by molar-refractivity contribution is -0.149. The zero-order chi connectivity index (χ0) is 19.7. The molecule has 1 aliphatic carbocycles. The summed E-state index contributed by atoms with van der Waals surface area (Å²) in [7, 11) is 0. The van der Waals surface area contributed by atoms with E-state index >= 15 is 0 Å². The molecule has 0 radical (unpaired) electrons. The molecule has 1 N–H and O–H groups in total. The van der Waals surface area contributed by atoms with E-state index < -0.39 is 29.9 Å². The second-order valence-corrected chi connectivity index (χ2v) is 7.70.